The minimum Gasteiger partial charge on any atom is -0.493 e. The highest BCUT2D eigenvalue weighted by atomic mass is 32.2. The summed E-state index contributed by atoms with van der Waals surface area (Å²) in [6, 6.07) is 10.1. The van der Waals surface area contributed by atoms with Crippen LogP contribution in [0.4, 0.5) is 0 Å². The van der Waals surface area contributed by atoms with Crippen molar-refractivity contribution in [3.05, 3.63) is 51.7 Å². The number of aryl methyl sites for hydroxylation is 2. The SMILES string of the molecule is CCOc1ccc(-c2nc(CSc3nnnn3CCc3cccs3)cs2)cc1OC. The second kappa shape index (κ2) is 10.1. The molecular weight excluding hydrogens is 438 g/mol. The van der Waals surface area contributed by atoms with E-state index in [4.69, 9.17) is 14.5 Å². The summed E-state index contributed by atoms with van der Waals surface area (Å²) in [5, 5.41) is 18.0. The van der Waals surface area contributed by atoms with Crippen LogP contribution >= 0.6 is 34.4 Å². The predicted octanol–water partition coefficient (Wildman–Crippen LogP) is 4.80. The first kappa shape index (κ1) is 20.8. The summed E-state index contributed by atoms with van der Waals surface area (Å²) < 4.78 is 12.9. The van der Waals surface area contributed by atoms with Crippen molar-refractivity contribution < 1.29 is 9.47 Å². The molecule has 0 unspecified atom stereocenters. The van der Waals surface area contributed by atoms with Crippen molar-refractivity contribution in [2.24, 2.45) is 0 Å². The Morgan fingerprint density at radius 2 is 2.10 bits per heavy atom. The Balaban J connectivity index is 1.39. The topological polar surface area (TPSA) is 75.0 Å². The van der Waals surface area contributed by atoms with E-state index in [0.717, 1.165) is 40.1 Å². The molecule has 0 aliphatic rings. The van der Waals surface area contributed by atoms with Crippen LogP contribution in [0.2, 0.25) is 0 Å². The number of hydrogen-bond acceptors (Lipinski definition) is 9. The maximum atomic E-state index is 5.59. The molecule has 0 bridgehead atoms. The molecule has 3 aromatic heterocycles. The maximum Gasteiger partial charge on any atom is 0.209 e. The molecule has 4 aromatic rings. The molecule has 0 atom stereocenters. The molecule has 0 saturated carbocycles. The van der Waals surface area contributed by atoms with E-state index in [-0.39, 0.29) is 0 Å². The zero-order chi connectivity index (χ0) is 20.8. The van der Waals surface area contributed by atoms with Gasteiger partial charge in [-0.3, -0.25) is 0 Å². The number of tetrazole rings is 1. The van der Waals surface area contributed by atoms with Crippen LogP contribution < -0.4 is 9.47 Å². The van der Waals surface area contributed by atoms with Gasteiger partial charge < -0.3 is 9.47 Å². The van der Waals surface area contributed by atoms with Crippen LogP contribution in [0.1, 0.15) is 17.5 Å². The van der Waals surface area contributed by atoms with Gasteiger partial charge in [0.2, 0.25) is 5.16 Å². The number of ether oxygens (including phenoxy) is 2. The van der Waals surface area contributed by atoms with Crippen molar-refractivity contribution in [2.45, 2.75) is 30.8 Å². The fourth-order valence-corrected chi connectivity index (χ4v) is 5.25. The number of thiazole rings is 1. The molecule has 0 aliphatic carbocycles. The quantitative estimate of drug-likeness (QED) is 0.315. The van der Waals surface area contributed by atoms with Crippen molar-refractivity contribution in [2.75, 3.05) is 13.7 Å². The lowest BCUT2D eigenvalue weighted by Gasteiger charge is -2.09. The summed E-state index contributed by atoms with van der Waals surface area (Å²) in [6.45, 7) is 3.32. The van der Waals surface area contributed by atoms with E-state index in [2.05, 4.69) is 38.4 Å². The molecule has 1 aromatic carbocycles. The van der Waals surface area contributed by atoms with Crippen molar-refractivity contribution in [1.82, 2.24) is 25.2 Å². The van der Waals surface area contributed by atoms with Gasteiger partial charge in [-0.25, -0.2) is 9.67 Å². The Hall–Kier alpha value is -2.43. The Bertz CT molecular complexity index is 1080. The normalized spacial score (nSPS) is 11.0. The first-order valence-corrected chi connectivity index (χ1v) is 12.2. The van der Waals surface area contributed by atoms with E-state index in [1.165, 1.54) is 4.88 Å². The Morgan fingerprint density at radius 1 is 1.17 bits per heavy atom. The minimum atomic E-state index is 0.598. The number of benzene rings is 1. The van der Waals surface area contributed by atoms with Crippen LogP contribution in [0.25, 0.3) is 10.6 Å². The third-order valence-corrected chi connectivity index (χ3v) is 7.13. The van der Waals surface area contributed by atoms with Gasteiger partial charge in [0.15, 0.2) is 11.5 Å². The molecule has 0 amide bonds. The van der Waals surface area contributed by atoms with Crippen LogP contribution in [0, 0.1) is 0 Å². The summed E-state index contributed by atoms with van der Waals surface area (Å²) >= 11 is 4.97. The Kier molecular flexibility index (Phi) is 6.98. The average molecular weight is 460 g/mol. The molecular formula is C20H21N5O2S3. The molecule has 30 heavy (non-hydrogen) atoms. The number of aromatic nitrogens is 5. The van der Waals surface area contributed by atoms with Crippen molar-refractivity contribution in [3.63, 3.8) is 0 Å². The minimum absolute atomic E-state index is 0.598. The number of nitrogens with zero attached hydrogens (tertiary/aromatic N) is 5. The van der Waals surface area contributed by atoms with E-state index in [0.29, 0.717) is 18.1 Å². The van der Waals surface area contributed by atoms with Gasteiger partial charge in [0, 0.05) is 28.0 Å². The van der Waals surface area contributed by atoms with E-state index in [1.807, 2.05) is 29.8 Å². The first-order valence-electron chi connectivity index (χ1n) is 9.43. The predicted molar refractivity (Wildman–Crippen MR) is 121 cm³/mol. The summed E-state index contributed by atoms with van der Waals surface area (Å²) in [6.07, 6.45) is 0.927. The van der Waals surface area contributed by atoms with Gasteiger partial charge >= 0.3 is 0 Å². The number of rotatable bonds is 10. The number of hydrogen-bond donors (Lipinski definition) is 0. The molecule has 0 spiro atoms. The van der Waals surface area contributed by atoms with Crippen LogP contribution in [0.3, 0.4) is 0 Å². The summed E-state index contributed by atoms with van der Waals surface area (Å²) in [7, 11) is 1.65. The molecule has 3 heterocycles. The molecule has 156 valence electrons. The second-order valence-electron chi connectivity index (χ2n) is 6.25. The lowest BCUT2D eigenvalue weighted by atomic mass is 10.2. The molecule has 10 heteroatoms. The zero-order valence-corrected chi connectivity index (χ0v) is 19.1. The number of methoxy groups -OCH3 is 1. The van der Waals surface area contributed by atoms with Crippen molar-refractivity contribution in [3.8, 4) is 22.1 Å². The standard InChI is InChI=1S/C20H21N5O2S3/c1-3-27-17-7-6-14(11-18(17)26-2)19-21-15(12-29-19)13-30-20-22-23-24-25(20)9-8-16-5-4-10-28-16/h4-7,10-12H,3,8-9,13H2,1-2H3. The van der Waals surface area contributed by atoms with Gasteiger partial charge in [-0.15, -0.1) is 27.8 Å². The van der Waals surface area contributed by atoms with Gasteiger partial charge in [-0.2, -0.15) is 0 Å². The average Bonchev–Trinajstić information content (AvgIpc) is 3.53. The highest BCUT2D eigenvalue weighted by Crippen LogP contribution is 2.34. The maximum absolute atomic E-state index is 5.59. The smallest absolute Gasteiger partial charge is 0.209 e. The van der Waals surface area contributed by atoms with Gasteiger partial charge in [0.05, 0.1) is 26.0 Å². The fraction of sp³-hybridized carbons (Fsp3) is 0.300. The van der Waals surface area contributed by atoms with Gasteiger partial charge in [-0.05, 0) is 47.0 Å². The molecule has 0 saturated heterocycles. The Morgan fingerprint density at radius 3 is 2.90 bits per heavy atom. The monoisotopic (exact) mass is 459 g/mol. The summed E-state index contributed by atoms with van der Waals surface area (Å²) in [4.78, 5) is 6.10. The van der Waals surface area contributed by atoms with E-state index in [9.17, 15) is 0 Å². The van der Waals surface area contributed by atoms with Crippen LogP contribution in [-0.2, 0) is 18.7 Å². The van der Waals surface area contributed by atoms with Gasteiger partial charge in [0.1, 0.15) is 5.01 Å². The Labute approximate surface area is 187 Å². The summed E-state index contributed by atoms with van der Waals surface area (Å²) in [5.74, 6) is 2.17. The first-order chi connectivity index (χ1) is 14.8. The van der Waals surface area contributed by atoms with E-state index in [1.54, 1.807) is 41.5 Å². The highest BCUT2D eigenvalue weighted by molar-refractivity contribution is 7.98. The lowest BCUT2D eigenvalue weighted by molar-refractivity contribution is 0.311. The highest BCUT2D eigenvalue weighted by Gasteiger charge is 2.12. The van der Waals surface area contributed by atoms with E-state index >= 15 is 0 Å². The molecule has 0 fully saturated rings. The van der Waals surface area contributed by atoms with Crippen LogP contribution in [0.5, 0.6) is 11.5 Å². The van der Waals surface area contributed by atoms with Crippen molar-refractivity contribution in [1.29, 1.82) is 0 Å². The molecule has 7 nitrogen and oxygen atoms in total. The van der Waals surface area contributed by atoms with Gasteiger partial charge in [-0.1, -0.05) is 17.8 Å². The molecule has 0 N–H and O–H groups in total. The van der Waals surface area contributed by atoms with Crippen LogP contribution in [-0.4, -0.2) is 38.9 Å². The number of thiophene rings is 1. The third-order valence-electron chi connectivity index (χ3n) is 4.26. The molecule has 4 rings (SSSR count). The fourth-order valence-electron chi connectivity index (χ4n) is 2.83. The van der Waals surface area contributed by atoms with E-state index < -0.39 is 0 Å². The van der Waals surface area contributed by atoms with Gasteiger partial charge in [0.25, 0.3) is 0 Å². The number of thioether (sulfide) groups is 1. The molecule has 0 aliphatic heterocycles. The second-order valence-corrected chi connectivity index (χ2v) is 9.08. The van der Waals surface area contributed by atoms with Crippen molar-refractivity contribution >= 4 is 34.4 Å². The lowest BCUT2D eigenvalue weighted by Crippen LogP contribution is -2.04. The largest absolute Gasteiger partial charge is 0.493 e. The zero-order valence-electron chi connectivity index (χ0n) is 16.6. The summed E-state index contributed by atoms with van der Waals surface area (Å²) in [5.41, 5.74) is 2.01. The molecule has 0 radical (unpaired) electrons. The third kappa shape index (κ3) is 5.00. The van der Waals surface area contributed by atoms with Crippen LogP contribution in [0.15, 0.2) is 46.2 Å².